The van der Waals surface area contributed by atoms with Gasteiger partial charge in [0.25, 0.3) is 0 Å². The first-order valence-corrected chi connectivity index (χ1v) is 18.4. The Labute approximate surface area is 295 Å². The molecule has 0 fully saturated rings. The Balaban J connectivity index is 3.09. The molecule has 0 aromatic rings. The molecule has 0 aromatic carbocycles. The summed E-state index contributed by atoms with van der Waals surface area (Å²) >= 11 is 5.51. The van der Waals surface area contributed by atoms with Gasteiger partial charge in [-0.25, -0.2) is 0 Å². The van der Waals surface area contributed by atoms with Gasteiger partial charge in [-0.05, 0) is 6.42 Å². The highest BCUT2D eigenvalue weighted by Crippen LogP contribution is 2.08. The van der Waals surface area contributed by atoms with E-state index in [0.29, 0.717) is 158 Å². The van der Waals surface area contributed by atoms with Gasteiger partial charge in [-0.3, -0.25) is 4.79 Å². The van der Waals surface area contributed by atoms with E-state index in [2.05, 4.69) is 6.92 Å². The summed E-state index contributed by atoms with van der Waals surface area (Å²) in [6.45, 7) is 13.5. The summed E-state index contributed by atoms with van der Waals surface area (Å²) in [7, 11) is 0. The van der Waals surface area contributed by atoms with Crippen molar-refractivity contribution in [2.75, 3.05) is 158 Å². The molecule has 48 heavy (non-hydrogen) atoms. The molecule has 0 aliphatic heterocycles. The fraction of sp³-hybridized carbons (Fsp3) is 0.971. The van der Waals surface area contributed by atoms with Crippen molar-refractivity contribution < 1.29 is 61.6 Å². The van der Waals surface area contributed by atoms with E-state index in [4.69, 9.17) is 68.4 Å². The monoisotopic (exact) mass is 718 g/mol. The van der Waals surface area contributed by atoms with Crippen molar-refractivity contribution in [3.05, 3.63) is 0 Å². The number of halogens is 1. The SMILES string of the molecule is CCCCCCCCCC(=O)OCCOCCOCCOCCOCCOCCOCCOCCOCCOCCOCCOCCCl. The largest absolute Gasteiger partial charge is 0.463 e. The summed E-state index contributed by atoms with van der Waals surface area (Å²) in [6.07, 6.45) is 8.79. The zero-order valence-corrected chi connectivity index (χ0v) is 30.6. The lowest BCUT2D eigenvalue weighted by Crippen LogP contribution is -2.15. The van der Waals surface area contributed by atoms with Gasteiger partial charge in [0.15, 0.2) is 0 Å². The first-order valence-electron chi connectivity index (χ1n) is 17.9. The van der Waals surface area contributed by atoms with E-state index < -0.39 is 0 Å². The zero-order chi connectivity index (χ0) is 34.7. The molecule has 0 heterocycles. The average Bonchev–Trinajstić information content (AvgIpc) is 3.09. The molecule has 0 radical (unpaired) electrons. The average molecular weight is 719 g/mol. The van der Waals surface area contributed by atoms with Crippen LogP contribution in [0.3, 0.4) is 0 Å². The maximum absolute atomic E-state index is 11.7. The number of alkyl halides is 1. The summed E-state index contributed by atoms with van der Waals surface area (Å²) in [5, 5.41) is 0. The second-order valence-electron chi connectivity index (χ2n) is 10.5. The molecule has 0 saturated carbocycles. The lowest BCUT2D eigenvalue weighted by molar-refractivity contribution is -0.145. The van der Waals surface area contributed by atoms with Crippen LogP contribution in [0, 0.1) is 0 Å². The molecule has 0 N–H and O–H groups in total. The Kier molecular flexibility index (Phi) is 43.7. The maximum atomic E-state index is 11.7. The number of ether oxygens (including phenoxy) is 12. The highest BCUT2D eigenvalue weighted by atomic mass is 35.5. The number of unbranched alkanes of at least 4 members (excludes halogenated alkanes) is 6. The van der Waals surface area contributed by atoms with Crippen LogP contribution in [0.15, 0.2) is 0 Å². The van der Waals surface area contributed by atoms with Crippen molar-refractivity contribution in [3.63, 3.8) is 0 Å². The Bertz CT molecular complexity index is 607. The molecular formula is C34H67ClO13. The second kappa shape index (κ2) is 44.3. The van der Waals surface area contributed by atoms with Crippen LogP contribution >= 0.6 is 11.6 Å². The molecule has 0 bridgehead atoms. The number of hydrogen-bond donors (Lipinski definition) is 0. The third-order valence-corrected chi connectivity index (χ3v) is 6.57. The Morgan fingerprint density at radius 3 is 0.896 bits per heavy atom. The van der Waals surface area contributed by atoms with E-state index in [-0.39, 0.29) is 12.6 Å². The third-order valence-electron chi connectivity index (χ3n) is 6.42. The van der Waals surface area contributed by atoms with Gasteiger partial charge in [0.1, 0.15) is 6.61 Å². The predicted octanol–water partition coefficient (Wildman–Crippen LogP) is 4.09. The number of carbonyl (C=O) groups is 1. The lowest BCUT2D eigenvalue weighted by atomic mass is 10.1. The first-order chi connectivity index (χ1) is 23.8. The number of carbonyl (C=O) groups excluding carboxylic acids is 1. The van der Waals surface area contributed by atoms with Crippen LogP contribution in [0.5, 0.6) is 0 Å². The molecular weight excluding hydrogens is 652 g/mol. The fourth-order valence-electron chi connectivity index (χ4n) is 3.87. The molecule has 0 unspecified atom stereocenters. The standard InChI is InChI=1S/C34H67ClO13/c1-2-3-4-5-6-7-8-9-34(36)48-33-32-47-31-30-46-29-28-45-27-26-44-25-24-43-23-22-42-21-20-41-19-18-40-17-16-39-15-14-38-13-12-37-11-10-35/h2-33H2,1H3. The smallest absolute Gasteiger partial charge is 0.305 e. The summed E-state index contributed by atoms with van der Waals surface area (Å²) in [4.78, 5) is 11.7. The van der Waals surface area contributed by atoms with Gasteiger partial charge in [-0.15, -0.1) is 11.6 Å². The molecule has 0 rings (SSSR count). The van der Waals surface area contributed by atoms with Gasteiger partial charge in [-0.2, -0.15) is 0 Å². The van der Waals surface area contributed by atoms with Crippen molar-refractivity contribution in [2.45, 2.75) is 58.3 Å². The van der Waals surface area contributed by atoms with Crippen LogP contribution in [0.2, 0.25) is 0 Å². The van der Waals surface area contributed by atoms with Crippen molar-refractivity contribution in [2.24, 2.45) is 0 Å². The summed E-state index contributed by atoms with van der Waals surface area (Å²) < 4.78 is 64.9. The first kappa shape index (κ1) is 47.3. The summed E-state index contributed by atoms with van der Waals surface area (Å²) in [6, 6.07) is 0. The van der Waals surface area contributed by atoms with Crippen LogP contribution in [0.25, 0.3) is 0 Å². The zero-order valence-electron chi connectivity index (χ0n) is 29.8. The Morgan fingerprint density at radius 2 is 0.604 bits per heavy atom. The van der Waals surface area contributed by atoms with Crippen LogP contribution in [0.1, 0.15) is 58.3 Å². The van der Waals surface area contributed by atoms with E-state index in [1.165, 1.54) is 32.1 Å². The number of hydrogen-bond acceptors (Lipinski definition) is 13. The quantitative estimate of drug-likeness (QED) is 0.0511. The summed E-state index contributed by atoms with van der Waals surface area (Å²) in [5.41, 5.74) is 0. The van der Waals surface area contributed by atoms with Gasteiger partial charge in [0, 0.05) is 12.3 Å². The lowest BCUT2D eigenvalue weighted by Gasteiger charge is -2.09. The molecule has 0 amide bonds. The molecule has 288 valence electrons. The minimum atomic E-state index is -0.141. The number of rotatable bonds is 43. The van der Waals surface area contributed by atoms with Crippen molar-refractivity contribution in [3.8, 4) is 0 Å². The molecule has 0 aromatic heterocycles. The van der Waals surface area contributed by atoms with Gasteiger partial charge in [0.2, 0.25) is 0 Å². The van der Waals surface area contributed by atoms with Crippen molar-refractivity contribution >= 4 is 17.6 Å². The molecule has 14 heteroatoms. The van der Waals surface area contributed by atoms with E-state index in [9.17, 15) is 4.79 Å². The van der Waals surface area contributed by atoms with E-state index in [0.717, 1.165) is 12.8 Å². The van der Waals surface area contributed by atoms with E-state index in [1.807, 2.05) is 0 Å². The molecule has 0 aliphatic carbocycles. The van der Waals surface area contributed by atoms with Gasteiger partial charge < -0.3 is 56.8 Å². The Hall–Kier alpha value is -0.680. The highest BCUT2D eigenvalue weighted by Gasteiger charge is 2.03. The topological polar surface area (TPSA) is 128 Å². The van der Waals surface area contributed by atoms with Crippen molar-refractivity contribution in [1.29, 1.82) is 0 Å². The minimum absolute atomic E-state index is 0.141. The third kappa shape index (κ3) is 43.3. The fourth-order valence-corrected chi connectivity index (χ4v) is 3.98. The molecule has 13 nitrogen and oxygen atoms in total. The van der Waals surface area contributed by atoms with Crippen LogP contribution in [-0.2, 0) is 61.6 Å². The number of esters is 1. The molecule has 0 spiro atoms. The summed E-state index contributed by atoms with van der Waals surface area (Å²) in [5.74, 6) is 0.354. The maximum Gasteiger partial charge on any atom is 0.305 e. The van der Waals surface area contributed by atoms with Gasteiger partial charge in [-0.1, -0.05) is 45.4 Å². The van der Waals surface area contributed by atoms with Crippen LogP contribution < -0.4 is 0 Å². The molecule has 0 aliphatic rings. The second-order valence-corrected chi connectivity index (χ2v) is 10.9. The predicted molar refractivity (Wildman–Crippen MR) is 183 cm³/mol. The molecule has 0 saturated heterocycles. The van der Waals surface area contributed by atoms with Crippen LogP contribution in [-0.4, -0.2) is 164 Å². The Morgan fingerprint density at radius 1 is 0.354 bits per heavy atom. The highest BCUT2D eigenvalue weighted by molar-refractivity contribution is 6.17. The molecule has 0 atom stereocenters. The van der Waals surface area contributed by atoms with Crippen molar-refractivity contribution in [1.82, 2.24) is 0 Å². The van der Waals surface area contributed by atoms with E-state index >= 15 is 0 Å². The van der Waals surface area contributed by atoms with Crippen LogP contribution in [0.4, 0.5) is 0 Å². The minimum Gasteiger partial charge on any atom is -0.463 e. The normalized spacial score (nSPS) is 11.5. The van der Waals surface area contributed by atoms with Gasteiger partial charge in [0.05, 0.1) is 145 Å². The van der Waals surface area contributed by atoms with Gasteiger partial charge >= 0.3 is 5.97 Å². The van der Waals surface area contributed by atoms with E-state index in [1.54, 1.807) is 0 Å².